The number of primary amides is 2. The summed E-state index contributed by atoms with van der Waals surface area (Å²) < 4.78 is 20.4. The van der Waals surface area contributed by atoms with Crippen molar-refractivity contribution in [1.82, 2.24) is 19.3 Å². The van der Waals surface area contributed by atoms with Gasteiger partial charge in [0, 0.05) is 50.4 Å². The normalized spacial score (nSPS) is 13.6. The van der Waals surface area contributed by atoms with E-state index in [-0.39, 0.29) is 60.0 Å². The van der Waals surface area contributed by atoms with Gasteiger partial charge in [-0.3, -0.25) is 34.5 Å². The minimum Gasteiger partial charge on any atom is -0.491 e. The van der Waals surface area contributed by atoms with Gasteiger partial charge in [-0.05, 0) is 51.0 Å². The molecule has 0 aliphatic carbocycles. The number of carbonyl (C=O) groups is 3. The third kappa shape index (κ3) is 7.00. The molecule has 1 aliphatic heterocycles. The predicted molar refractivity (Wildman–Crippen MR) is 175 cm³/mol. The van der Waals surface area contributed by atoms with Crippen molar-refractivity contribution < 1.29 is 33.5 Å². The van der Waals surface area contributed by atoms with Gasteiger partial charge in [-0.2, -0.15) is 5.10 Å². The molecule has 254 valence electrons. The molecule has 3 heterocycles. The molecule has 0 saturated carbocycles. The summed E-state index contributed by atoms with van der Waals surface area (Å²) in [6, 6.07) is 6.95. The Morgan fingerprint density at radius 2 is 1.85 bits per heavy atom. The lowest BCUT2D eigenvalue weighted by Gasteiger charge is -2.27. The first-order chi connectivity index (χ1) is 23.0. The number of nitro benzene ring substituents is 1. The molecule has 5 rings (SSSR count). The average Bonchev–Trinajstić information content (AvgIpc) is 3.62. The molecule has 6 N–H and O–H groups in total. The Balaban J connectivity index is 1.40. The maximum Gasteiger partial charge on any atom is 0.296 e. The van der Waals surface area contributed by atoms with Gasteiger partial charge < -0.3 is 35.6 Å². The fourth-order valence-corrected chi connectivity index (χ4v) is 5.61. The summed E-state index contributed by atoms with van der Waals surface area (Å²) in [6.45, 7) is 5.26. The van der Waals surface area contributed by atoms with Crippen molar-refractivity contribution in [2.45, 2.75) is 45.7 Å². The van der Waals surface area contributed by atoms with E-state index < -0.39 is 22.6 Å². The number of carbonyl (C=O) groups excluding carboxylic acids is 3. The van der Waals surface area contributed by atoms with Crippen LogP contribution in [-0.4, -0.2) is 75.5 Å². The zero-order valence-corrected chi connectivity index (χ0v) is 26.8. The number of amides is 3. The van der Waals surface area contributed by atoms with Gasteiger partial charge in [-0.1, -0.05) is 0 Å². The number of rotatable bonds is 16. The molecule has 0 unspecified atom stereocenters. The number of aryl methyl sites for hydroxylation is 2. The van der Waals surface area contributed by atoms with Crippen LogP contribution in [0, 0.1) is 17.0 Å². The molecule has 17 heteroatoms. The van der Waals surface area contributed by atoms with Crippen LogP contribution in [0.4, 0.5) is 17.3 Å². The van der Waals surface area contributed by atoms with E-state index in [9.17, 15) is 24.5 Å². The number of imidazole rings is 1. The summed E-state index contributed by atoms with van der Waals surface area (Å²) >= 11 is 0. The number of aromatic nitrogens is 4. The molecule has 17 nitrogen and oxygen atoms in total. The molecule has 2 aromatic carbocycles. The lowest BCUT2D eigenvalue weighted by atomic mass is 10.1. The molecular weight excluding hydrogens is 626 g/mol. The smallest absolute Gasteiger partial charge is 0.296 e. The van der Waals surface area contributed by atoms with E-state index in [0.29, 0.717) is 60.6 Å². The largest absolute Gasteiger partial charge is 0.491 e. The van der Waals surface area contributed by atoms with Gasteiger partial charge in [0.25, 0.3) is 11.6 Å². The monoisotopic (exact) mass is 663 g/mol. The van der Waals surface area contributed by atoms with Crippen molar-refractivity contribution in [3.63, 3.8) is 0 Å². The number of benzene rings is 2. The Bertz CT molecular complexity index is 1880. The number of methoxy groups -OCH3 is 1. The molecule has 4 aromatic rings. The van der Waals surface area contributed by atoms with Gasteiger partial charge in [0.2, 0.25) is 17.8 Å². The van der Waals surface area contributed by atoms with E-state index in [1.165, 1.54) is 6.07 Å². The van der Waals surface area contributed by atoms with Crippen LogP contribution in [-0.2, 0) is 11.3 Å². The molecule has 48 heavy (non-hydrogen) atoms. The summed E-state index contributed by atoms with van der Waals surface area (Å²) in [5, 5.41) is 22.3. The third-order valence-corrected chi connectivity index (χ3v) is 7.82. The van der Waals surface area contributed by atoms with Gasteiger partial charge in [-0.15, -0.1) is 0 Å². The van der Waals surface area contributed by atoms with Gasteiger partial charge in [0.1, 0.15) is 29.3 Å². The van der Waals surface area contributed by atoms with Crippen LogP contribution < -0.4 is 31.6 Å². The lowest BCUT2D eigenvalue weighted by molar-refractivity contribution is -0.384. The quantitative estimate of drug-likeness (QED) is 0.0772. The molecular formula is C31H37N9O8. The zero-order valence-electron chi connectivity index (χ0n) is 26.8. The minimum atomic E-state index is -0.823. The van der Waals surface area contributed by atoms with Crippen LogP contribution in [0.3, 0.4) is 0 Å². The first-order valence-corrected chi connectivity index (χ1v) is 15.3. The van der Waals surface area contributed by atoms with Gasteiger partial charge in [0.05, 0.1) is 28.8 Å². The Labute approximate surface area is 274 Å². The molecule has 0 spiro atoms. The highest BCUT2D eigenvalue weighted by molar-refractivity contribution is 6.04. The van der Waals surface area contributed by atoms with Crippen LogP contribution in [0.1, 0.15) is 69.1 Å². The van der Waals surface area contributed by atoms with E-state index in [2.05, 4.69) is 20.7 Å². The minimum absolute atomic E-state index is 0.0534. The second-order valence-corrected chi connectivity index (χ2v) is 11.2. The van der Waals surface area contributed by atoms with Crippen molar-refractivity contribution in [1.29, 1.82) is 0 Å². The SMILES string of the molecule is CCn1nc(C)cc1C(=O)Nc1nc2cc(C(N)=O)cc3c2n1[C@@H](CCCNc1c(OCCCOC)cc(C(N)=O)cc1[N+](=O)[O-])CO3. The van der Waals surface area contributed by atoms with Gasteiger partial charge >= 0.3 is 0 Å². The highest BCUT2D eigenvalue weighted by Crippen LogP contribution is 2.39. The molecule has 0 fully saturated rings. The zero-order chi connectivity index (χ0) is 34.5. The molecule has 2 aromatic heterocycles. The Morgan fingerprint density at radius 3 is 2.54 bits per heavy atom. The standard InChI is InChI=1S/C31H37N9O8/c1-4-38-23(11-17(2)37-38)30(43)36-31-35-21-12-18(28(32)41)15-25-27(21)39(31)20(16-48-25)7-5-8-34-26-22(40(44)45)13-19(29(33)42)14-24(26)47-10-6-9-46-3/h11-15,20,34H,4-10,16H2,1-3H3,(H2,32,41)(H2,33,42)(H,35,36,43)/t20-/m0/s1. The molecule has 0 saturated heterocycles. The summed E-state index contributed by atoms with van der Waals surface area (Å²) in [7, 11) is 1.55. The lowest BCUT2D eigenvalue weighted by Crippen LogP contribution is -2.26. The van der Waals surface area contributed by atoms with Crippen LogP contribution >= 0.6 is 0 Å². The number of nitrogens with zero attached hydrogens (tertiary/aromatic N) is 5. The van der Waals surface area contributed by atoms with Crippen molar-refractivity contribution >= 4 is 46.1 Å². The van der Waals surface area contributed by atoms with E-state index in [0.717, 1.165) is 6.07 Å². The number of nitrogens with two attached hydrogens (primary N) is 2. The molecule has 0 radical (unpaired) electrons. The number of ether oxygens (including phenoxy) is 3. The summed E-state index contributed by atoms with van der Waals surface area (Å²) in [5.41, 5.74) is 13.0. The highest BCUT2D eigenvalue weighted by Gasteiger charge is 2.30. The number of nitrogens with one attached hydrogen (secondary N) is 2. The Hall–Kier alpha value is -5.71. The third-order valence-electron chi connectivity index (χ3n) is 7.82. The summed E-state index contributed by atoms with van der Waals surface area (Å²) in [4.78, 5) is 53.3. The fourth-order valence-electron chi connectivity index (χ4n) is 5.61. The number of nitro groups is 1. The number of anilines is 2. The molecule has 1 aliphatic rings. The Kier molecular flexibility index (Phi) is 10.1. The van der Waals surface area contributed by atoms with Crippen molar-refractivity contribution in [3.05, 3.63) is 63.0 Å². The average molecular weight is 664 g/mol. The van der Waals surface area contributed by atoms with Crippen LogP contribution in [0.25, 0.3) is 11.0 Å². The Morgan fingerprint density at radius 1 is 1.10 bits per heavy atom. The van der Waals surface area contributed by atoms with Crippen molar-refractivity contribution in [2.75, 3.05) is 44.1 Å². The van der Waals surface area contributed by atoms with E-state index in [4.69, 9.17) is 25.7 Å². The predicted octanol–water partition coefficient (Wildman–Crippen LogP) is 3.16. The van der Waals surface area contributed by atoms with Crippen LogP contribution in [0.15, 0.2) is 30.3 Å². The van der Waals surface area contributed by atoms with Crippen LogP contribution in [0.5, 0.6) is 11.5 Å². The fraction of sp³-hybridized carbons (Fsp3) is 0.387. The number of hydrogen-bond donors (Lipinski definition) is 4. The first kappa shape index (κ1) is 33.6. The van der Waals surface area contributed by atoms with Crippen molar-refractivity contribution in [2.24, 2.45) is 11.5 Å². The second kappa shape index (κ2) is 14.4. The van der Waals surface area contributed by atoms with E-state index in [1.54, 1.807) is 36.9 Å². The van der Waals surface area contributed by atoms with Gasteiger partial charge in [0.15, 0.2) is 5.69 Å². The molecule has 3 amide bonds. The second-order valence-electron chi connectivity index (χ2n) is 11.2. The van der Waals surface area contributed by atoms with Crippen molar-refractivity contribution in [3.8, 4) is 11.5 Å². The first-order valence-electron chi connectivity index (χ1n) is 15.3. The van der Waals surface area contributed by atoms with E-state index in [1.807, 2.05) is 11.5 Å². The summed E-state index contributed by atoms with van der Waals surface area (Å²) in [6.07, 6.45) is 1.52. The maximum atomic E-state index is 13.4. The van der Waals surface area contributed by atoms with E-state index >= 15 is 0 Å². The number of hydrogen-bond acceptors (Lipinski definition) is 11. The molecule has 0 bridgehead atoms. The maximum absolute atomic E-state index is 13.4. The summed E-state index contributed by atoms with van der Waals surface area (Å²) in [5.74, 6) is -1.10. The topological polar surface area (TPSA) is 234 Å². The van der Waals surface area contributed by atoms with Crippen LogP contribution in [0.2, 0.25) is 0 Å². The highest BCUT2D eigenvalue weighted by atomic mass is 16.6. The molecule has 1 atom stereocenters. The van der Waals surface area contributed by atoms with Gasteiger partial charge in [-0.25, -0.2) is 4.98 Å².